The maximum Gasteiger partial charge on any atom is 0.401 e. The van der Waals surface area contributed by atoms with Crippen LogP contribution in [0.15, 0.2) is 10.5 Å². The summed E-state index contributed by atoms with van der Waals surface area (Å²) < 4.78 is 37.3. The number of aliphatic imine (C=N–C) groups is 1. The van der Waals surface area contributed by atoms with Crippen LogP contribution in [0.5, 0.6) is 0 Å². The second-order valence-corrected chi connectivity index (χ2v) is 6.48. The second-order valence-electron chi connectivity index (χ2n) is 5.54. The third kappa shape index (κ3) is 7.09. The van der Waals surface area contributed by atoms with Crippen LogP contribution in [0.25, 0.3) is 0 Å². The number of alkyl halides is 3. The van der Waals surface area contributed by atoms with E-state index in [1.54, 1.807) is 16.8 Å². The summed E-state index contributed by atoms with van der Waals surface area (Å²) in [7, 11) is 0. The predicted octanol–water partition coefficient (Wildman–Crippen LogP) is 2.76. The molecule has 2 rings (SSSR count). The van der Waals surface area contributed by atoms with E-state index in [4.69, 9.17) is 0 Å². The van der Waals surface area contributed by atoms with E-state index < -0.39 is 12.7 Å². The molecule has 0 aromatic carbocycles. The topological polar surface area (TPSA) is 52.6 Å². The number of guanidine groups is 1. The fourth-order valence-corrected chi connectivity index (χ4v) is 3.19. The molecule has 1 fully saturated rings. The number of hydrogen-bond donors (Lipinski definition) is 2. The Balaban J connectivity index is 0.00000288. The average Bonchev–Trinajstić information content (AvgIpc) is 3.04. The lowest BCUT2D eigenvalue weighted by atomic mass is 10.3. The predicted molar refractivity (Wildman–Crippen MR) is 101 cm³/mol. The van der Waals surface area contributed by atoms with E-state index in [0.717, 1.165) is 10.6 Å². The molecule has 1 aromatic heterocycles. The van der Waals surface area contributed by atoms with E-state index in [-0.39, 0.29) is 30.0 Å². The van der Waals surface area contributed by atoms with Gasteiger partial charge in [0.05, 0.1) is 24.3 Å². The first-order chi connectivity index (χ1) is 10.9. The average molecular weight is 477 g/mol. The van der Waals surface area contributed by atoms with Crippen molar-refractivity contribution in [3.8, 4) is 0 Å². The van der Waals surface area contributed by atoms with Gasteiger partial charge in [0, 0.05) is 30.6 Å². The highest BCUT2D eigenvalue weighted by Crippen LogP contribution is 2.20. The number of halogens is 4. The summed E-state index contributed by atoms with van der Waals surface area (Å²) in [6, 6.07) is -0.0160. The number of nitrogens with zero attached hydrogens (tertiary/aromatic N) is 3. The molecule has 0 bridgehead atoms. The monoisotopic (exact) mass is 477 g/mol. The van der Waals surface area contributed by atoms with Crippen molar-refractivity contribution in [3.05, 3.63) is 16.1 Å². The Hall–Kier alpha value is -0.620. The summed E-state index contributed by atoms with van der Waals surface area (Å²) >= 11 is 1.55. The maximum atomic E-state index is 12.4. The van der Waals surface area contributed by atoms with Gasteiger partial charge in [-0.15, -0.1) is 35.3 Å². The maximum absolute atomic E-state index is 12.4. The van der Waals surface area contributed by atoms with E-state index in [2.05, 4.69) is 20.6 Å². The third-order valence-electron chi connectivity index (χ3n) is 3.59. The van der Waals surface area contributed by atoms with Gasteiger partial charge in [0.15, 0.2) is 5.96 Å². The van der Waals surface area contributed by atoms with Gasteiger partial charge in [0.2, 0.25) is 0 Å². The van der Waals surface area contributed by atoms with Crippen molar-refractivity contribution in [2.75, 3.05) is 26.2 Å². The highest BCUT2D eigenvalue weighted by molar-refractivity contribution is 14.0. The quantitative estimate of drug-likeness (QED) is 0.389. The first-order valence-electron chi connectivity index (χ1n) is 7.60. The van der Waals surface area contributed by atoms with Gasteiger partial charge in [0.1, 0.15) is 0 Å². The van der Waals surface area contributed by atoms with Crippen molar-refractivity contribution in [1.82, 2.24) is 20.5 Å². The molecule has 24 heavy (non-hydrogen) atoms. The van der Waals surface area contributed by atoms with Crippen LogP contribution in [-0.4, -0.2) is 54.2 Å². The fraction of sp³-hybridized carbons (Fsp3) is 0.714. The van der Waals surface area contributed by atoms with E-state index in [0.29, 0.717) is 38.6 Å². The van der Waals surface area contributed by atoms with E-state index in [1.165, 1.54) is 4.90 Å². The Morgan fingerprint density at radius 3 is 2.83 bits per heavy atom. The molecule has 138 valence electrons. The first kappa shape index (κ1) is 21.4. The zero-order chi connectivity index (χ0) is 16.9. The molecule has 1 unspecified atom stereocenters. The lowest BCUT2D eigenvalue weighted by molar-refractivity contribution is -0.143. The highest BCUT2D eigenvalue weighted by atomic mass is 127. The number of thiazole rings is 1. The largest absolute Gasteiger partial charge is 0.401 e. The van der Waals surface area contributed by atoms with Crippen molar-refractivity contribution in [2.45, 2.75) is 39.0 Å². The molecule has 10 heteroatoms. The highest BCUT2D eigenvalue weighted by Gasteiger charge is 2.34. The number of rotatable bonds is 5. The molecular formula is C14H23F3IN5S. The standard InChI is InChI=1S/C14H22F3N5S.HI/c1-3-18-13(19-6-12-10(2)20-9-23-12)21-11-4-5-22(7-11)8-14(15,16)17;/h9,11H,3-8H2,1-2H3,(H2,18,19,21);1H. The molecule has 5 nitrogen and oxygen atoms in total. The van der Waals surface area contributed by atoms with Gasteiger partial charge >= 0.3 is 6.18 Å². The lowest BCUT2D eigenvalue weighted by Gasteiger charge is -2.19. The number of likely N-dealkylation sites (tertiary alicyclic amines) is 1. The fourth-order valence-electron chi connectivity index (χ4n) is 2.49. The number of nitrogens with one attached hydrogen (secondary N) is 2. The zero-order valence-electron chi connectivity index (χ0n) is 13.7. The van der Waals surface area contributed by atoms with Crippen molar-refractivity contribution >= 4 is 41.3 Å². The normalized spacial score (nSPS) is 19.2. The summed E-state index contributed by atoms with van der Waals surface area (Å²) in [5.41, 5.74) is 2.75. The third-order valence-corrected chi connectivity index (χ3v) is 4.51. The molecule has 1 aromatic rings. The molecule has 1 aliphatic heterocycles. The van der Waals surface area contributed by atoms with Crippen LogP contribution in [0.1, 0.15) is 23.9 Å². The van der Waals surface area contributed by atoms with Gasteiger partial charge in [-0.25, -0.2) is 9.98 Å². The van der Waals surface area contributed by atoms with Crippen molar-refractivity contribution in [3.63, 3.8) is 0 Å². The molecule has 2 heterocycles. The van der Waals surface area contributed by atoms with Crippen LogP contribution >= 0.6 is 35.3 Å². The Kier molecular flexibility index (Phi) is 8.71. The van der Waals surface area contributed by atoms with Gasteiger partial charge in [-0.3, -0.25) is 4.90 Å². The number of aromatic nitrogens is 1. The smallest absolute Gasteiger partial charge is 0.357 e. The summed E-state index contributed by atoms with van der Waals surface area (Å²) in [5, 5.41) is 6.37. The lowest BCUT2D eigenvalue weighted by Crippen LogP contribution is -2.45. The molecule has 1 saturated heterocycles. The van der Waals surface area contributed by atoms with E-state index in [9.17, 15) is 13.2 Å². The summed E-state index contributed by atoms with van der Waals surface area (Å²) in [5.74, 6) is 0.638. The minimum atomic E-state index is -4.14. The Bertz CT molecular complexity index is 535. The molecule has 2 N–H and O–H groups in total. The Labute approximate surface area is 161 Å². The van der Waals surface area contributed by atoms with Crippen molar-refractivity contribution in [2.24, 2.45) is 4.99 Å². The molecule has 0 radical (unpaired) electrons. The molecule has 0 amide bonds. The zero-order valence-corrected chi connectivity index (χ0v) is 16.8. The molecule has 0 saturated carbocycles. The van der Waals surface area contributed by atoms with Gasteiger partial charge in [-0.05, 0) is 20.3 Å². The summed E-state index contributed by atoms with van der Waals surface area (Å²) in [4.78, 5) is 11.2. The van der Waals surface area contributed by atoms with E-state index in [1.807, 2.05) is 13.8 Å². The summed E-state index contributed by atoms with van der Waals surface area (Å²) in [6.45, 7) is 5.09. The molecular weight excluding hydrogens is 454 g/mol. The van der Waals surface area contributed by atoms with Gasteiger partial charge in [-0.2, -0.15) is 13.2 Å². The second kappa shape index (κ2) is 9.76. The van der Waals surface area contributed by atoms with Crippen molar-refractivity contribution in [1.29, 1.82) is 0 Å². The minimum absolute atomic E-state index is 0. The summed E-state index contributed by atoms with van der Waals surface area (Å²) in [6.07, 6.45) is -3.46. The first-order valence-corrected chi connectivity index (χ1v) is 8.48. The molecule has 1 atom stereocenters. The van der Waals surface area contributed by atoms with E-state index >= 15 is 0 Å². The minimum Gasteiger partial charge on any atom is -0.357 e. The van der Waals surface area contributed by atoms with Crippen LogP contribution in [-0.2, 0) is 6.54 Å². The van der Waals surface area contributed by atoms with Crippen molar-refractivity contribution < 1.29 is 13.2 Å². The van der Waals surface area contributed by atoms with Gasteiger partial charge in [0.25, 0.3) is 0 Å². The Morgan fingerprint density at radius 2 is 2.25 bits per heavy atom. The molecule has 0 aliphatic carbocycles. The van der Waals surface area contributed by atoms with Gasteiger partial charge < -0.3 is 10.6 Å². The number of hydrogen-bond acceptors (Lipinski definition) is 4. The SMILES string of the molecule is CCNC(=NCc1scnc1C)NC1CCN(CC(F)(F)F)C1.I. The van der Waals surface area contributed by atoms with Crippen LogP contribution in [0.4, 0.5) is 13.2 Å². The Morgan fingerprint density at radius 1 is 1.50 bits per heavy atom. The van der Waals surface area contributed by atoms with Gasteiger partial charge in [-0.1, -0.05) is 0 Å². The van der Waals surface area contributed by atoms with Crippen LogP contribution in [0, 0.1) is 6.92 Å². The van der Waals surface area contributed by atoms with Crippen LogP contribution < -0.4 is 10.6 Å². The molecule has 0 spiro atoms. The molecule has 1 aliphatic rings. The van der Waals surface area contributed by atoms with Crippen LogP contribution in [0.3, 0.4) is 0 Å². The number of aryl methyl sites for hydroxylation is 1. The van der Waals surface area contributed by atoms with Crippen LogP contribution in [0.2, 0.25) is 0 Å².